The maximum absolute atomic E-state index is 10.3. The lowest BCUT2D eigenvalue weighted by atomic mass is 9.89. The number of rotatable bonds is 6. The van der Waals surface area contributed by atoms with Gasteiger partial charge in [0.2, 0.25) is 0 Å². The topological polar surface area (TPSA) is 42.9 Å². The van der Waals surface area contributed by atoms with Crippen LogP contribution in [-0.4, -0.2) is 13.7 Å². The number of hydrogen-bond acceptors (Lipinski definition) is 1. The molecule has 0 saturated carbocycles. The second-order valence-corrected chi connectivity index (χ2v) is 17.0. The molecule has 13 rings (SSSR count). The molecule has 0 N–H and O–H groups in total. The van der Waals surface area contributed by atoms with Crippen molar-refractivity contribution in [1.29, 1.82) is 5.26 Å². The van der Waals surface area contributed by atoms with Gasteiger partial charge in [0.15, 0.2) is 5.69 Å². The van der Waals surface area contributed by atoms with Crippen LogP contribution in [0.4, 0.5) is 5.69 Å². The van der Waals surface area contributed by atoms with E-state index in [0.717, 1.165) is 66.9 Å². The highest BCUT2D eigenvalue weighted by molar-refractivity contribution is 6.17. The van der Waals surface area contributed by atoms with Crippen molar-refractivity contribution in [2.45, 2.75) is 0 Å². The first kappa shape index (κ1) is 38.1. The van der Waals surface area contributed by atoms with Crippen LogP contribution >= 0.6 is 0 Å². The van der Waals surface area contributed by atoms with Crippen LogP contribution in [-0.2, 0) is 0 Å². The minimum absolute atomic E-state index is 0.448. The molecule has 0 saturated heterocycles. The van der Waals surface area contributed by atoms with Gasteiger partial charge < -0.3 is 13.7 Å². The van der Waals surface area contributed by atoms with Gasteiger partial charge in [0.1, 0.15) is 0 Å². The molecule has 10 aromatic carbocycles. The minimum atomic E-state index is 0.448. The van der Waals surface area contributed by atoms with E-state index in [1.807, 2.05) is 12.1 Å². The van der Waals surface area contributed by atoms with Crippen LogP contribution in [0.1, 0.15) is 5.56 Å². The van der Waals surface area contributed by atoms with Crippen LogP contribution in [0.25, 0.3) is 121 Å². The highest BCUT2D eigenvalue weighted by Gasteiger charge is 2.24. The summed E-state index contributed by atoms with van der Waals surface area (Å²) in [4.78, 5) is 3.88. The van der Waals surface area contributed by atoms with Gasteiger partial charge in [0.25, 0.3) is 0 Å². The standard InChI is InChI=1S/C62H37N5/c1-64-50-28-15-20-42(39-63)60(50)40-18-14-19-41(38-40)61-48(27-16-35-57(61)65-51-29-8-2-21-43(51)44-22-3-9-30-52(44)65)47-25-6-12-33-55(47)67-56-34-13-7-26-49(56)62-58(36-17-37-59(62)67)66-53-31-10-4-23-45(53)46-24-5-11-32-54(46)66/h2-38H. The quantitative estimate of drug-likeness (QED) is 0.154. The summed E-state index contributed by atoms with van der Waals surface area (Å²) in [7, 11) is 0. The zero-order valence-electron chi connectivity index (χ0n) is 36.1. The highest BCUT2D eigenvalue weighted by atomic mass is 15.0. The lowest BCUT2D eigenvalue weighted by Crippen LogP contribution is -2.02. The van der Waals surface area contributed by atoms with E-state index in [0.29, 0.717) is 16.8 Å². The van der Waals surface area contributed by atoms with Crippen LogP contribution < -0.4 is 0 Å². The summed E-state index contributed by atoms with van der Waals surface area (Å²) in [6.45, 7) is 8.09. The van der Waals surface area contributed by atoms with E-state index in [-0.39, 0.29) is 0 Å². The van der Waals surface area contributed by atoms with Crippen LogP contribution in [0.15, 0.2) is 224 Å². The molecule has 0 bridgehead atoms. The molecule has 0 spiro atoms. The molecule has 3 aromatic heterocycles. The molecule has 310 valence electrons. The molecule has 5 nitrogen and oxygen atoms in total. The molecule has 5 heteroatoms. The third-order valence-electron chi connectivity index (χ3n) is 13.5. The summed E-state index contributed by atoms with van der Waals surface area (Å²) >= 11 is 0. The van der Waals surface area contributed by atoms with Crippen LogP contribution in [0.2, 0.25) is 0 Å². The van der Waals surface area contributed by atoms with Crippen molar-refractivity contribution in [3.05, 3.63) is 241 Å². The Morgan fingerprint density at radius 3 is 1.39 bits per heavy atom. The maximum Gasteiger partial charge on any atom is 0.196 e. The van der Waals surface area contributed by atoms with Crippen molar-refractivity contribution < 1.29 is 0 Å². The van der Waals surface area contributed by atoms with Gasteiger partial charge in [0, 0.05) is 54.6 Å². The molecular weight excluding hydrogens is 815 g/mol. The van der Waals surface area contributed by atoms with Gasteiger partial charge in [-0.05, 0) is 83.4 Å². The van der Waals surface area contributed by atoms with E-state index in [1.165, 1.54) is 43.4 Å². The third kappa shape index (κ3) is 5.66. The Bertz CT molecular complexity index is 4120. The average molecular weight is 852 g/mol. The Morgan fingerprint density at radius 2 is 0.776 bits per heavy atom. The molecular formula is C62H37N5. The number of fused-ring (bicyclic) bond motifs is 9. The normalized spacial score (nSPS) is 11.6. The van der Waals surface area contributed by atoms with Crippen LogP contribution in [0, 0.1) is 17.9 Å². The number of hydrogen-bond donors (Lipinski definition) is 0. The summed E-state index contributed by atoms with van der Waals surface area (Å²) < 4.78 is 7.26. The molecule has 0 atom stereocenters. The Balaban J connectivity index is 1.12. The summed E-state index contributed by atoms with van der Waals surface area (Å²) in [6, 6.07) is 81.6. The predicted octanol–water partition coefficient (Wildman–Crippen LogP) is 16.4. The number of aromatic nitrogens is 3. The molecule has 0 amide bonds. The fourth-order valence-electron chi connectivity index (χ4n) is 10.8. The Labute approximate surface area is 386 Å². The van der Waals surface area contributed by atoms with Gasteiger partial charge >= 0.3 is 0 Å². The second kappa shape index (κ2) is 15.1. The zero-order chi connectivity index (χ0) is 44.6. The number of nitrogens with zero attached hydrogens (tertiary/aromatic N) is 5. The SMILES string of the molecule is [C-]#[N+]c1cccc(C#N)c1-c1cccc(-c2c(-c3ccccc3-n3c4ccccc4c4c(-n5c6ccccc6c6ccccc65)cccc43)cccc2-n2c3ccccc3c3ccccc32)c1. The monoisotopic (exact) mass is 851 g/mol. The molecule has 0 aliphatic rings. The van der Waals surface area contributed by atoms with E-state index in [1.54, 1.807) is 18.2 Å². The third-order valence-corrected chi connectivity index (χ3v) is 13.5. The highest BCUT2D eigenvalue weighted by Crippen LogP contribution is 2.47. The van der Waals surface area contributed by atoms with Gasteiger partial charge in [-0.2, -0.15) is 5.26 Å². The number of nitriles is 1. The predicted molar refractivity (Wildman–Crippen MR) is 277 cm³/mol. The van der Waals surface area contributed by atoms with Crippen LogP contribution in [0.3, 0.4) is 0 Å². The van der Waals surface area contributed by atoms with Gasteiger partial charge in [-0.15, -0.1) is 0 Å². The lowest BCUT2D eigenvalue weighted by molar-refractivity contribution is 1.16. The Kier molecular flexibility index (Phi) is 8.58. The summed E-state index contributed by atoms with van der Waals surface area (Å²) in [6.07, 6.45) is 0. The smallest absolute Gasteiger partial charge is 0.196 e. The lowest BCUT2D eigenvalue weighted by Gasteiger charge is -2.21. The van der Waals surface area contributed by atoms with Crippen molar-refractivity contribution in [3.63, 3.8) is 0 Å². The molecule has 0 aliphatic heterocycles. The maximum atomic E-state index is 10.3. The fourth-order valence-corrected chi connectivity index (χ4v) is 10.8. The first-order valence-electron chi connectivity index (χ1n) is 22.5. The summed E-state index contributed by atoms with van der Waals surface area (Å²) in [5, 5.41) is 17.5. The Hall–Kier alpha value is -9.42. The van der Waals surface area contributed by atoms with Crippen molar-refractivity contribution >= 4 is 71.1 Å². The van der Waals surface area contributed by atoms with Crippen molar-refractivity contribution in [2.24, 2.45) is 0 Å². The van der Waals surface area contributed by atoms with E-state index >= 15 is 0 Å². The van der Waals surface area contributed by atoms with E-state index in [2.05, 4.69) is 219 Å². The molecule has 0 fully saturated rings. The summed E-state index contributed by atoms with van der Waals surface area (Å²) in [5.41, 5.74) is 16.5. The van der Waals surface area contributed by atoms with Gasteiger partial charge in [-0.25, -0.2) is 4.85 Å². The minimum Gasteiger partial charge on any atom is -0.309 e. The molecule has 13 aromatic rings. The zero-order valence-corrected chi connectivity index (χ0v) is 36.1. The van der Waals surface area contributed by atoms with Crippen molar-refractivity contribution in [1.82, 2.24) is 13.7 Å². The van der Waals surface area contributed by atoms with Crippen molar-refractivity contribution in [2.75, 3.05) is 0 Å². The summed E-state index contributed by atoms with van der Waals surface area (Å²) in [5.74, 6) is 0. The van der Waals surface area contributed by atoms with Crippen molar-refractivity contribution in [3.8, 4) is 56.5 Å². The van der Waals surface area contributed by atoms with E-state index < -0.39 is 0 Å². The second-order valence-electron chi connectivity index (χ2n) is 17.0. The van der Waals surface area contributed by atoms with E-state index in [4.69, 9.17) is 6.57 Å². The average Bonchev–Trinajstić information content (AvgIpc) is 4.04. The first-order valence-corrected chi connectivity index (χ1v) is 22.5. The molecule has 0 aliphatic carbocycles. The van der Waals surface area contributed by atoms with Gasteiger partial charge in [0.05, 0.1) is 62.8 Å². The number of para-hydroxylation sites is 6. The largest absolute Gasteiger partial charge is 0.309 e. The van der Waals surface area contributed by atoms with E-state index in [9.17, 15) is 5.26 Å². The fraction of sp³-hybridized carbons (Fsp3) is 0. The van der Waals surface area contributed by atoms with Crippen LogP contribution in [0.5, 0.6) is 0 Å². The first-order chi connectivity index (χ1) is 33.2. The molecule has 0 unspecified atom stereocenters. The van der Waals surface area contributed by atoms with Gasteiger partial charge in [-0.1, -0.05) is 158 Å². The molecule has 0 radical (unpaired) electrons. The Morgan fingerprint density at radius 1 is 0.358 bits per heavy atom. The number of benzene rings is 10. The molecule has 67 heavy (non-hydrogen) atoms. The van der Waals surface area contributed by atoms with Gasteiger partial charge in [-0.3, -0.25) is 0 Å². The molecule has 3 heterocycles.